The lowest BCUT2D eigenvalue weighted by Gasteiger charge is -2.27. The first-order valence-corrected chi connectivity index (χ1v) is 8.50. The standard InChI is InChI=1S/C15H14N6O4S/c1-18-11-12(19(2)15(18)23)20-13(22)10(26-14(20)17-16-11)7-8-3-5-9(6-4-8)21(24)25/h3-7,11-12,16H,1-2H3/b10-7-. The molecule has 2 unspecified atom stereocenters. The van der Waals surface area contributed by atoms with Crippen LogP contribution in [0.15, 0.2) is 34.2 Å². The molecule has 10 nitrogen and oxygen atoms in total. The van der Waals surface area contributed by atoms with E-state index in [1.54, 1.807) is 32.3 Å². The number of benzene rings is 1. The lowest BCUT2D eigenvalue weighted by atomic mass is 10.2. The summed E-state index contributed by atoms with van der Waals surface area (Å²) in [4.78, 5) is 38.8. The van der Waals surface area contributed by atoms with E-state index >= 15 is 0 Å². The minimum atomic E-state index is -0.484. The zero-order valence-corrected chi connectivity index (χ0v) is 14.6. The third-order valence-electron chi connectivity index (χ3n) is 4.50. The highest BCUT2D eigenvalue weighted by molar-refractivity contribution is 7.07. The molecule has 1 N–H and O–H groups in total. The Morgan fingerprint density at radius 1 is 1.23 bits per heavy atom. The Kier molecular flexibility index (Phi) is 3.54. The first kappa shape index (κ1) is 16.3. The van der Waals surface area contributed by atoms with Crippen LogP contribution in [0, 0.1) is 10.1 Å². The van der Waals surface area contributed by atoms with Gasteiger partial charge in [-0.25, -0.2) is 4.79 Å². The SMILES string of the molecule is CN1C(=O)N(C)C2C1NN=c1s/c(=C\c3ccc([N+](=O)[O-])cc3)c(=O)n12. The highest BCUT2D eigenvalue weighted by atomic mass is 32.1. The van der Waals surface area contributed by atoms with Crippen LogP contribution >= 0.6 is 11.3 Å². The number of nitrogens with one attached hydrogen (secondary N) is 1. The number of nitro groups is 1. The molecular weight excluding hydrogens is 360 g/mol. The molecule has 0 aliphatic carbocycles. The largest absolute Gasteiger partial charge is 0.323 e. The summed E-state index contributed by atoms with van der Waals surface area (Å²) in [7, 11) is 3.29. The van der Waals surface area contributed by atoms with Crippen LogP contribution in [0.4, 0.5) is 10.5 Å². The zero-order valence-electron chi connectivity index (χ0n) is 13.8. The fourth-order valence-electron chi connectivity index (χ4n) is 3.12. The molecule has 2 aliphatic heterocycles. The van der Waals surface area contributed by atoms with Crippen molar-refractivity contribution < 1.29 is 9.72 Å². The molecule has 1 saturated heterocycles. The number of fused-ring (bicyclic) bond motifs is 3. The summed E-state index contributed by atoms with van der Waals surface area (Å²) >= 11 is 1.20. The predicted molar refractivity (Wildman–Crippen MR) is 92.9 cm³/mol. The number of urea groups is 1. The van der Waals surface area contributed by atoms with Crippen molar-refractivity contribution in [3.05, 3.63) is 59.6 Å². The molecule has 1 fully saturated rings. The molecule has 134 valence electrons. The molecule has 2 aliphatic rings. The van der Waals surface area contributed by atoms with Crippen molar-refractivity contribution in [3.63, 3.8) is 0 Å². The van der Waals surface area contributed by atoms with Gasteiger partial charge in [0.25, 0.3) is 11.2 Å². The highest BCUT2D eigenvalue weighted by Gasteiger charge is 2.46. The van der Waals surface area contributed by atoms with Crippen LogP contribution in [0.3, 0.4) is 0 Å². The number of nitrogens with zero attached hydrogens (tertiary/aromatic N) is 5. The first-order valence-electron chi connectivity index (χ1n) is 7.69. The number of hydrogen-bond acceptors (Lipinski definition) is 7. The smallest absolute Gasteiger partial charge is 0.303 e. The van der Waals surface area contributed by atoms with E-state index in [-0.39, 0.29) is 17.3 Å². The molecule has 2 atom stereocenters. The van der Waals surface area contributed by atoms with Gasteiger partial charge in [0.1, 0.15) is 0 Å². The van der Waals surface area contributed by atoms with Gasteiger partial charge in [-0.05, 0) is 23.8 Å². The summed E-state index contributed by atoms with van der Waals surface area (Å²) in [6.07, 6.45) is 0.759. The lowest BCUT2D eigenvalue weighted by Crippen LogP contribution is -2.52. The van der Waals surface area contributed by atoms with Crippen molar-refractivity contribution in [2.75, 3.05) is 14.1 Å². The van der Waals surface area contributed by atoms with E-state index < -0.39 is 17.3 Å². The van der Waals surface area contributed by atoms with Crippen LogP contribution in [-0.2, 0) is 0 Å². The molecule has 11 heteroatoms. The van der Waals surface area contributed by atoms with Crippen molar-refractivity contribution in [2.45, 2.75) is 12.3 Å². The fourth-order valence-corrected chi connectivity index (χ4v) is 4.09. The Morgan fingerprint density at radius 2 is 1.92 bits per heavy atom. The van der Waals surface area contributed by atoms with Crippen LogP contribution in [-0.4, -0.2) is 45.6 Å². The van der Waals surface area contributed by atoms with Gasteiger partial charge in [-0.3, -0.25) is 24.9 Å². The highest BCUT2D eigenvalue weighted by Crippen LogP contribution is 2.26. The van der Waals surface area contributed by atoms with Gasteiger partial charge in [-0.1, -0.05) is 11.3 Å². The summed E-state index contributed by atoms with van der Waals surface area (Å²) in [5, 5.41) is 15.0. The fraction of sp³-hybridized carbons (Fsp3) is 0.267. The zero-order chi connectivity index (χ0) is 18.6. The maximum Gasteiger partial charge on any atom is 0.323 e. The molecule has 1 aromatic carbocycles. The van der Waals surface area contributed by atoms with E-state index in [0.29, 0.717) is 14.9 Å². The number of hydrogen-bond donors (Lipinski definition) is 1. The number of amides is 2. The summed E-state index contributed by atoms with van der Waals surface area (Å²) < 4.78 is 1.94. The number of aromatic nitrogens is 1. The van der Waals surface area contributed by atoms with Gasteiger partial charge < -0.3 is 9.80 Å². The average molecular weight is 374 g/mol. The number of likely N-dealkylation sites (N-methyl/N-ethyl adjacent to an activating group) is 2. The van der Waals surface area contributed by atoms with Crippen LogP contribution in [0.5, 0.6) is 0 Å². The molecule has 0 bridgehead atoms. The van der Waals surface area contributed by atoms with Gasteiger partial charge in [0.05, 0.1) is 9.46 Å². The van der Waals surface area contributed by atoms with Crippen molar-refractivity contribution in [3.8, 4) is 0 Å². The van der Waals surface area contributed by atoms with Gasteiger partial charge in [0.15, 0.2) is 12.3 Å². The van der Waals surface area contributed by atoms with Gasteiger partial charge in [0, 0.05) is 26.2 Å². The molecule has 4 rings (SSSR count). The molecular formula is C15H14N6O4S. The molecule has 2 amide bonds. The monoisotopic (exact) mass is 374 g/mol. The van der Waals surface area contributed by atoms with E-state index in [1.165, 1.54) is 37.8 Å². The number of non-ortho nitro benzene ring substituents is 1. The number of rotatable bonds is 2. The Morgan fingerprint density at radius 3 is 2.58 bits per heavy atom. The Hall–Kier alpha value is -3.21. The van der Waals surface area contributed by atoms with Crippen LogP contribution in [0.2, 0.25) is 0 Å². The molecule has 3 heterocycles. The number of nitro benzene ring substituents is 1. The summed E-state index contributed by atoms with van der Waals surface area (Å²) in [6, 6.07) is 5.74. The van der Waals surface area contributed by atoms with Gasteiger partial charge >= 0.3 is 6.03 Å². The summed E-state index contributed by atoms with van der Waals surface area (Å²) in [5.41, 5.74) is 3.33. The van der Waals surface area contributed by atoms with Crippen molar-refractivity contribution in [2.24, 2.45) is 5.10 Å². The van der Waals surface area contributed by atoms with E-state index in [4.69, 9.17) is 0 Å². The van der Waals surface area contributed by atoms with Crippen LogP contribution in [0.1, 0.15) is 11.7 Å². The second kappa shape index (κ2) is 5.66. The van der Waals surface area contributed by atoms with Crippen LogP contribution in [0.25, 0.3) is 6.08 Å². The van der Waals surface area contributed by atoms with E-state index in [0.717, 1.165) is 0 Å². The minimum Gasteiger partial charge on any atom is -0.303 e. The van der Waals surface area contributed by atoms with Crippen molar-refractivity contribution >= 4 is 29.1 Å². The quantitative estimate of drug-likeness (QED) is 0.568. The Balaban J connectivity index is 1.81. The van der Waals surface area contributed by atoms with Gasteiger partial charge in [-0.2, -0.15) is 0 Å². The van der Waals surface area contributed by atoms with E-state index in [1.807, 2.05) is 0 Å². The molecule has 2 aromatic rings. The van der Waals surface area contributed by atoms with E-state index in [2.05, 4.69) is 10.5 Å². The third-order valence-corrected chi connectivity index (χ3v) is 5.48. The second-order valence-electron chi connectivity index (χ2n) is 6.02. The minimum absolute atomic E-state index is 0.0134. The van der Waals surface area contributed by atoms with Gasteiger partial charge in [0.2, 0.25) is 4.80 Å². The first-order chi connectivity index (χ1) is 12.4. The molecule has 0 radical (unpaired) electrons. The summed E-state index contributed by atoms with van der Waals surface area (Å²) in [6.45, 7) is 0. The average Bonchev–Trinajstić information content (AvgIpc) is 3.05. The lowest BCUT2D eigenvalue weighted by molar-refractivity contribution is -0.384. The van der Waals surface area contributed by atoms with Crippen molar-refractivity contribution in [1.82, 2.24) is 19.8 Å². The van der Waals surface area contributed by atoms with Gasteiger partial charge in [-0.15, -0.1) is 5.10 Å². The molecule has 0 saturated carbocycles. The molecule has 1 aromatic heterocycles. The molecule has 26 heavy (non-hydrogen) atoms. The normalized spacial score (nSPS) is 21.9. The Labute approximate surface area is 150 Å². The predicted octanol–water partition coefficient (Wildman–Crippen LogP) is -0.394. The number of carbonyl (C=O) groups excluding carboxylic acids is 1. The Bertz CT molecular complexity index is 1090. The second-order valence-corrected chi connectivity index (χ2v) is 7.03. The topological polar surface area (TPSA) is 113 Å². The number of thiazole rings is 1. The maximum absolute atomic E-state index is 12.9. The van der Waals surface area contributed by atoms with E-state index in [9.17, 15) is 19.7 Å². The summed E-state index contributed by atoms with van der Waals surface area (Å²) in [5.74, 6) is 0. The van der Waals surface area contributed by atoms with Crippen molar-refractivity contribution in [1.29, 1.82) is 0 Å². The third kappa shape index (κ3) is 2.28. The van der Waals surface area contributed by atoms with Crippen LogP contribution < -0.4 is 20.3 Å². The molecule has 0 spiro atoms. The maximum atomic E-state index is 12.9. The number of carbonyl (C=O) groups is 1.